The molecule has 0 atom stereocenters. The molecule has 2 aromatic heterocycles. The summed E-state index contributed by atoms with van der Waals surface area (Å²) in [4.78, 5) is 7.42. The van der Waals surface area contributed by atoms with Crippen LogP contribution >= 0.6 is 35.3 Å². The summed E-state index contributed by atoms with van der Waals surface area (Å²) >= 11 is 7.96. The molecule has 1 aliphatic rings. The molecule has 2 aromatic rings. The fraction of sp³-hybridized carbons (Fsp3) is 0.364. The van der Waals surface area contributed by atoms with Gasteiger partial charge in [0.25, 0.3) is 0 Å². The summed E-state index contributed by atoms with van der Waals surface area (Å²) in [6.45, 7) is 0. The Hall–Kier alpha value is -0.320. The van der Waals surface area contributed by atoms with Crippen LogP contribution in [0.2, 0.25) is 0 Å². The zero-order valence-electron chi connectivity index (χ0n) is 8.14. The van der Waals surface area contributed by atoms with Crippen molar-refractivity contribution in [3.63, 3.8) is 0 Å². The number of aromatic nitrogens is 1. The normalized spacial score (nSPS) is 15.8. The van der Waals surface area contributed by atoms with E-state index >= 15 is 0 Å². The maximum atomic E-state index is 4.77. The monoisotopic (exact) mass is 253 g/mol. The van der Waals surface area contributed by atoms with Gasteiger partial charge in [0.15, 0.2) is 0 Å². The van der Waals surface area contributed by atoms with Gasteiger partial charge in [-0.1, -0.05) is 6.07 Å². The topological polar surface area (TPSA) is 12.9 Å². The van der Waals surface area contributed by atoms with Crippen molar-refractivity contribution in [3.05, 3.63) is 28.1 Å². The summed E-state index contributed by atoms with van der Waals surface area (Å²) in [6, 6.07) is 4.22. The van der Waals surface area contributed by atoms with Gasteiger partial charge in [-0.15, -0.1) is 22.7 Å². The van der Waals surface area contributed by atoms with Crippen LogP contribution < -0.4 is 0 Å². The number of thiol groups is 1. The van der Waals surface area contributed by atoms with Gasteiger partial charge in [0.05, 0.1) is 10.6 Å². The van der Waals surface area contributed by atoms with E-state index in [1.165, 1.54) is 33.3 Å². The lowest BCUT2D eigenvalue weighted by atomic mass is 10.3. The maximum absolute atomic E-state index is 4.77. The van der Waals surface area contributed by atoms with E-state index in [0.717, 1.165) is 11.7 Å². The molecule has 0 spiro atoms. The molecule has 15 heavy (non-hydrogen) atoms. The first kappa shape index (κ1) is 9.87. The molecule has 78 valence electrons. The Morgan fingerprint density at radius 3 is 2.93 bits per heavy atom. The van der Waals surface area contributed by atoms with Crippen LogP contribution in [0.4, 0.5) is 0 Å². The van der Waals surface area contributed by atoms with E-state index in [1.54, 1.807) is 11.3 Å². The fourth-order valence-corrected chi connectivity index (χ4v) is 3.82. The second kappa shape index (κ2) is 3.92. The Kier molecular flexibility index (Phi) is 2.58. The van der Waals surface area contributed by atoms with Crippen molar-refractivity contribution in [2.45, 2.75) is 24.5 Å². The van der Waals surface area contributed by atoms with Gasteiger partial charge in [0, 0.05) is 16.5 Å². The van der Waals surface area contributed by atoms with Crippen molar-refractivity contribution in [1.29, 1.82) is 0 Å². The largest absolute Gasteiger partial charge is 0.240 e. The van der Waals surface area contributed by atoms with Gasteiger partial charge in [-0.2, -0.15) is 12.6 Å². The zero-order valence-corrected chi connectivity index (χ0v) is 10.7. The highest BCUT2D eigenvalue weighted by Gasteiger charge is 2.29. The quantitative estimate of drug-likeness (QED) is 0.810. The first-order chi connectivity index (χ1) is 7.38. The number of hydrogen-bond acceptors (Lipinski definition) is 4. The molecule has 0 aromatic carbocycles. The van der Waals surface area contributed by atoms with Gasteiger partial charge in [-0.25, -0.2) is 4.98 Å². The third-order valence-electron chi connectivity index (χ3n) is 2.57. The molecule has 0 N–H and O–H groups in total. The van der Waals surface area contributed by atoms with E-state index in [9.17, 15) is 0 Å². The Balaban J connectivity index is 2.03. The molecule has 4 heteroatoms. The van der Waals surface area contributed by atoms with Gasteiger partial charge >= 0.3 is 0 Å². The van der Waals surface area contributed by atoms with Crippen LogP contribution in [0.1, 0.15) is 29.3 Å². The third kappa shape index (κ3) is 1.86. The third-order valence-corrected chi connectivity index (χ3v) is 5.21. The van der Waals surface area contributed by atoms with E-state index in [0.29, 0.717) is 0 Å². The number of thiophene rings is 1. The van der Waals surface area contributed by atoms with Crippen molar-refractivity contribution in [3.8, 4) is 9.88 Å². The van der Waals surface area contributed by atoms with Gasteiger partial charge in [-0.3, -0.25) is 0 Å². The number of rotatable bonds is 3. The van der Waals surface area contributed by atoms with Crippen molar-refractivity contribution in [2.24, 2.45) is 0 Å². The minimum absolute atomic E-state index is 0.733. The van der Waals surface area contributed by atoms with Crippen molar-refractivity contribution in [2.75, 3.05) is 0 Å². The highest BCUT2D eigenvalue weighted by molar-refractivity contribution is 7.79. The summed E-state index contributed by atoms with van der Waals surface area (Å²) in [5, 5.41) is 3.28. The first-order valence-electron chi connectivity index (χ1n) is 5.03. The van der Waals surface area contributed by atoms with Crippen molar-refractivity contribution in [1.82, 2.24) is 4.98 Å². The van der Waals surface area contributed by atoms with E-state index < -0.39 is 0 Å². The summed E-state index contributed by atoms with van der Waals surface area (Å²) in [6.07, 6.45) is 2.63. The molecule has 0 aliphatic heterocycles. The zero-order chi connectivity index (χ0) is 10.3. The van der Waals surface area contributed by atoms with Crippen LogP contribution in [0.15, 0.2) is 17.5 Å². The Bertz CT molecular complexity index is 454. The van der Waals surface area contributed by atoms with Gasteiger partial charge in [0.2, 0.25) is 0 Å². The van der Waals surface area contributed by atoms with Crippen LogP contribution in [0.5, 0.6) is 0 Å². The molecule has 0 saturated heterocycles. The van der Waals surface area contributed by atoms with Crippen LogP contribution in [0, 0.1) is 0 Å². The van der Waals surface area contributed by atoms with Gasteiger partial charge in [0.1, 0.15) is 5.01 Å². The average molecular weight is 253 g/mol. The molecule has 3 rings (SSSR count). The number of hydrogen-bond donors (Lipinski definition) is 1. The summed E-state index contributed by atoms with van der Waals surface area (Å²) in [7, 11) is 0. The van der Waals surface area contributed by atoms with E-state index in [2.05, 4.69) is 30.1 Å². The summed E-state index contributed by atoms with van der Waals surface area (Å²) < 4.78 is 0. The smallest absolute Gasteiger partial charge is 0.133 e. The molecular formula is C11H11NS3. The summed E-state index contributed by atoms with van der Waals surface area (Å²) in [5.74, 6) is 1.56. The lowest BCUT2D eigenvalue weighted by Crippen LogP contribution is -1.84. The fourth-order valence-electron chi connectivity index (χ4n) is 1.66. The second-order valence-electron chi connectivity index (χ2n) is 3.74. The van der Waals surface area contributed by atoms with E-state index in [1.807, 2.05) is 11.3 Å². The predicted octanol–water partition coefficient (Wildman–Crippen LogP) is 4.18. The second-order valence-corrected chi connectivity index (χ2v) is 6.08. The maximum Gasteiger partial charge on any atom is 0.133 e. The van der Waals surface area contributed by atoms with Gasteiger partial charge in [-0.05, 0) is 24.3 Å². The van der Waals surface area contributed by atoms with Crippen LogP contribution in [0.25, 0.3) is 9.88 Å². The molecule has 0 amide bonds. The highest BCUT2D eigenvalue weighted by atomic mass is 32.1. The SMILES string of the molecule is SCc1sc(-c2cccs2)nc1C1CC1. The highest BCUT2D eigenvalue weighted by Crippen LogP contribution is 2.45. The predicted molar refractivity (Wildman–Crippen MR) is 70.1 cm³/mol. The molecule has 2 heterocycles. The Morgan fingerprint density at radius 1 is 1.47 bits per heavy atom. The molecule has 1 saturated carbocycles. The van der Waals surface area contributed by atoms with Gasteiger partial charge < -0.3 is 0 Å². The molecular weight excluding hydrogens is 242 g/mol. The molecule has 0 unspecified atom stereocenters. The van der Waals surface area contributed by atoms with Crippen LogP contribution in [-0.2, 0) is 5.75 Å². The lowest BCUT2D eigenvalue weighted by molar-refractivity contribution is 1.03. The first-order valence-corrected chi connectivity index (χ1v) is 7.35. The minimum Gasteiger partial charge on any atom is -0.240 e. The Labute approximate surface area is 103 Å². The van der Waals surface area contributed by atoms with E-state index in [4.69, 9.17) is 4.98 Å². The molecule has 1 fully saturated rings. The van der Waals surface area contributed by atoms with Crippen molar-refractivity contribution >= 4 is 35.3 Å². The Morgan fingerprint density at radius 2 is 2.33 bits per heavy atom. The average Bonchev–Trinajstić information content (AvgIpc) is 2.83. The van der Waals surface area contributed by atoms with Crippen LogP contribution in [-0.4, -0.2) is 4.98 Å². The lowest BCUT2D eigenvalue weighted by Gasteiger charge is -1.92. The van der Waals surface area contributed by atoms with E-state index in [-0.39, 0.29) is 0 Å². The standard InChI is InChI=1S/C11H11NS3/c13-6-9-10(7-3-4-7)12-11(15-9)8-2-1-5-14-8/h1-2,5,7,13H,3-4,6H2. The van der Waals surface area contributed by atoms with Crippen LogP contribution in [0.3, 0.4) is 0 Å². The summed E-state index contributed by atoms with van der Waals surface area (Å²) in [5.41, 5.74) is 1.32. The molecule has 0 radical (unpaired) electrons. The van der Waals surface area contributed by atoms with Crippen molar-refractivity contribution < 1.29 is 0 Å². The number of nitrogens with zero attached hydrogens (tertiary/aromatic N) is 1. The minimum atomic E-state index is 0.733. The number of thiazole rings is 1. The molecule has 1 nitrogen and oxygen atoms in total. The molecule has 0 bridgehead atoms. The molecule has 1 aliphatic carbocycles.